The summed E-state index contributed by atoms with van der Waals surface area (Å²) in [6.45, 7) is 7.00. The van der Waals surface area contributed by atoms with Gasteiger partial charge in [0.2, 0.25) is 11.8 Å². The standard InChI is InChI=1S/C20H23ClN2O3/c1-12-6-7-18(26-5)17(10-12)23(15(4)24)11-19(25)22-20-14(3)8-13(2)9-16(20)21/h6-10H,11H2,1-5H3,(H,22,25). The minimum atomic E-state index is -0.336. The lowest BCUT2D eigenvalue weighted by Crippen LogP contribution is -2.37. The Labute approximate surface area is 158 Å². The molecular weight excluding hydrogens is 352 g/mol. The van der Waals surface area contributed by atoms with Crippen LogP contribution < -0.4 is 15.0 Å². The fraction of sp³-hybridized carbons (Fsp3) is 0.300. The van der Waals surface area contributed by atoms with Crippen molar-refractivity contribution in [1.29, 1.82) is 0 Å². The normalized spacial score (nSPS) is 10.4. The van der Waals surface area contributed by atoms with Gasteiger partial charge in [0.05, 0.1) is 23.5 Å². The van der Waals surface area contributed by atoms with Crippen molar-refractivity contribution in [3.8, 4) is 5.75 Å². The number of aryl methyl sites for hydroxylation is 3. The Kier molecular flexibility index (Phi) is 6.27. The first-order valence-electron chi connectivity index (χ1n) is 8.22. The molecule has 0 heterocycles. The molecule has 0 saturated carbocycles. The monoisotopic (exact) mass is 374 g/mol. The topological polar surface area (TPSA) is 58.6 Å². The van der Waals surface area contributed by atoms with E-state index >= 15 is 0 Å². The van der Waals surface area contributed by atoms with Crippen LogP contribution in [-0.2, 0) is 9.59 Å². The van der Waals surface area contributed by atoms with Crippen molar-refractivity contribution in [1.82, 2.24) is 0 Å². The molecule has 26 heavy (non-hydrogen) atoms. The zero-order valence-electron chi connectivity index (χ0n) is 15.6. The van der Waals surface area contributed by atoms with Gasteiger partial charge in [-0.15, -0.1) is 0 Å². The molecule has 0 saturated heterocycles. The van der Waals surface area contributed by atoms with Gasteiger partial charge >= 0.3 is 0 Å². The van der Waals surface area contributed by atoms with Crippen LogP contribution in [0.15, 0.2) is 30.3 Å². The smallest absolute Gasteiger partial charge is 0.244 e. The molecule has 0 spiro atoms. The minimum Gasteiger partial charge on any atom is -0.495 e. The molecule has 2 amide bonds. The second kappa shape index (κ2) is 8.23. The molecule has 138 valence electrons. The lowest BCUT2D eigenvalue weighted by Gasteiger charge is -2.23. The zero-order chi connectivity index (χ0) is 19.4. The maximum Gasteiger partial charge on any atom is 0.244 e. The van der Waals surface area contributed by atoms with E-state index in [1.165, 1.54) is 18.9 Å². The Morgan fingerprint density at radius 1 is 1.12 bits per heavy atom. The summed E-state index contributed by atoms with van der Waals surface area (Å²) < 4.78 is 5.34. The van der Waals surface area contributed by atoms with Crippen LogP contribution in [0.4, 0.5) is 11.4 Å². The predicted octanol–water partition coefficient (Wildman–Crippen LogP) is 4.27. The van der Waals surface area contributed by atoms with E-state index in [0.717, 1.165) is 16.7 Å². The third-order valence-electron chi connectivity index (χ3n) is 4.00. The highest BCUT2D eigenvalue weighted by Crippen LogP contribution is 2.30. The van der Waals surface area contributed by atoms with Crippen molar-refractivity contribution in [3.05, 3.63) is 52.0 Å². The number of hydrogen-bond donors (Lipinski definition) is 1. The number of carbonyl (C=O) groups excluding carboxylic acids is 2. The van der Waals surface area contributed by atoms with E-state index in [1.54, 1.807) is 12.1 Å². The fourth-order valence-corrected chi connectivity index (χ4v) is 3.14. The molecule has 1 N–H and O–H groups in total. The van der Waals surface area contributed by atoms with E-state index < -0.39 is 0 Å². The van der Waals surface area contributed by atoms with E-state index in [2.05, 4.69) is 5.32 Å². The van der Waals surface area contributed by atoms with Crippen LogP contribution in [0.2, 0.25) is 5.02 Å². The molecule has 0 aliphatic carbocycles. The molecule has 2 aromatic rings. The maximum atomic E-state index is 12.6. The molecule has 0 unspecified atom stereocenters. The van der Waals surface area contributed by atoms with Gasteiger partial charge in [0, 0.05) is 6.92 Å². The van der Waals surface area contributed by atoms with E-state index in [4.69, 9.17) is 16.3 Å². The molecule has 0 radical (unpaired) electrons. The zero-order valence-corrected chi connectivity index (χ0v) is 16.4. The number of nitrogens with one attached hydrogen (secondary N) is 1. The molecule has 0 fully saturated rings. The molecule has 0 aliphatic rings. The largest absolute Gasteiger partial charge is 0.495 e. The summed E-state index contributed by atoms with van der Waals surface area (Å²) in [5.74, 6) is -0.0588. The molecule has 0 bridgehead atoms. The summed E-state index contributed by atoms with van der Waals surface area (Å²) in [4.78, 5) is 26.1. The van der Waals surface area contributed by atoms with Crippen LogP contribution in [0, 0.1) is 20.8 Å². The summed E-state index contributed by atoms with van der Waals surface area (Å²) >= 11 is 6.25. The molecule has 5 nitrogen and oxygen atoms in total. The number of carbonyl (C=O) groups is 2. The number of rotatable bonds is 5. The van der Waals surface area contributed by atoms with Crippen LogP contribution in [0.5, 0.6) is 5.75 Å². The number of ether oxygens (including phenoxy) is 1. The van der Waals surface area contributed by atoms with E-state index in [9.17, 15) is 9.59 Å². The van der Waals surface area contributed by atoms with Crippen molar-refractivity contribution in [2.45, 2.75) is 27.7 Å². The molecule has 0 atom stereocenters. The Balaban J connectivity index is 2.28. The number of halogens is 1. The Bertz CT molecular complexity index is 826. The highest BCUT2D eigenvalue weighted by molar-refractivity contribution is 6.34. The molecule has 2 rings (SSSR count). The van der Waals surface area contributed by atoms with Crippen molar-refractivity contribution in [3.63, 3.8) is 0 Å². The van der Waals surface area contributed by atoms with Gasteiger partial charge in [-0.3, -0.25) is 14.5 Å². The third-order valence-corrected chi connectivity index (χ3v) is 4.30. The molecular formula is C20H23ClN2O3. The van der Waals surface area contributed by atoms with Gasteiger partial charge in [-0.1, -0.05) is 23.7 Å². The summed E-state index contributed by atoms with van der Waals surface area (Å²) in [6, 6.07) is 9.21. The SMILES string of the molecule is COc1ccc(C)cc1N(CC(=O)Nc1c(C)cc(C)cc1Cl)C(C)=O. The molecule has 0 aliphatic heterocycles. The molecule has 6 heteroatoms. The van der Waals surface area contributed by atoms with Gasteiger partial charge in [0.1, 0.15) is 12.3 Å². The van der Waals surface area contributed by atoms with Gasteiger partial charge in [0.15, 0.2) is 0 Å². The van der Waals surface area contributed by atoms with Crippen LogP contribution in [-0.4, -0.2) is 25.5 Å². The highest BCUT2D eigenvalue weighted by Gasteiger charge is 2.20. The summed E-state index contributed by atoms with van der Waals surface area (Å²) in [7, 11) is 1.53. The lowest BCUT2D eigenvalue weighted by molar-refractivity contribution is -0.120. The van der Waals surface area contributed by atoms with Crippen LogP contribution in [0.1, 0.15) is 23.6 Å². The number of methoxy groups -OCH3 is 1. The number of nitrogens with zero attached hydrogens (tertiary/aromatic N) is 1. The average molecular weight is 375 g/mol. The van der Waals surface area contributed by atoms with E-state index in [1.807, 2.05) is 39.0 Å². The van der Waals surface area contributed by atoms with E-state index in [-0.39, 0.29) is 18.4 Å². The predicted molar refractivity (Wildman–Crippen MR) is 105 cm³/mol. The van der Waals surface area contributed by atoms with Crippen molar-refractivity contribution in [2.24, 2.45) is 0 Å². The van der Waals surface area contributed by atoms with Gasteiger partial charge in [-0.25, -0.2) is 0 Å². The third kappa shape index (κ3) is 4.55. The van der Waals surface area contributed by atoms with Gasteiger partial charge in [0.25, 0.3) is 0 Å². The second-order valence-corrected chi connectivity index (χ2v) is 6.67. The van der Waals surface area contributed by atoms with Gasteiger partial charge in [-0.05, 0) is 55.7 Å². The van der Waals surface area contributed by atoms with Crippen molar-refractivity contribution in [2.75, 3.05) is 23.9 Å². The summed E-state index contributed by atoms with van der Waals surface area (Å²) in [5, 5.41) is 3.28. The maximum absolute atomic E-state index is 12.6. The minimum absolute atomic E-state index is 0.140. The summed E-state index contributed by atoms with van der Waals surface area (Å²) in [6.07, 6.45) is 0. The molecule has 2 aromatic carbocycles. The van der Waals surface area contributed by atoms with E-state index in [0.29, 0.717) is 22.1 Å². The second-order valence-electron chi connectivity index (χ2n) is 6.27. The Morgan fingerprint density at radius 3 is 2.38 bits per heavy atom. The number of anilines is 2. The van der Waals surface area contributed by atoms with Crippen molar-refractivity contribution >= 4 is 34.8 Å². The van der Waals surface area contributed by atoms with Crippen LogP contribution >= 0.6 is 11.6 Å². The first-order chi connectivity index (χ1) is 12.2. The Hall–Kier alpha value is -2.53. The quantitative estimate of drug-likeness (QED) is 0.850. The first kappa shape index (κ1) is 19.8. The highest BCUT2D eigenvalue weighted by atomic mass is 35.5. The average Bonchev–Trinajstić information content (AvgIpc) is 2.55. The van der Waals surface area contributed by atoms with Crippen molar-refractivity contribution < 1.29 is 14.3 Å². The molecule has 0 aromatic heterocycles. The number of hydrogen-bond acceptors (Lipinski definition) is 3. The number of benzene rings is 2. The fourth-order valence-electron chi connectivity index (χ4n) is 2.77. The number of amides is 2. The van der Waals surface area contributed by atoms with Crippen LogP contribution in [0.3, 0.4) is 0 Å². The summed E-state index contributed by atoms with van der Waals surface area (Å²) in [5.41, 5.74) is 3.96. The van der Waals surface area contributed by atoms with Gasteiger partial charge in [-0.2, -0.15) is 0 Å². The Morgan fingerprint density at radius 2 is 1.81 bits per heavy atom. The van der Waals surface area contributed by atoms with Crippen LogP contribution in [0.25, 0.3) is 0 Å². The first-order valence-corrected chi connectivity index (χ1v) is 8.60. The lowest BCUT2D eigenvalue weighted by atomic mass is 10.1. The van der Waals surface area contributed by atoms with Gasteiger partial charge < -0.3 is 10.1 Å².